The molecule has 0 fully saturated rings. The average Bonchev–Trinajstić information content (AvgIpc) is 3.28. The van der Waals surface area contributed by atoms with Crippen LogP contribution in [-0.2, 0) is 21.1 Å². The maximum Gasteiger partial charge on any atom is 2.00 e. The van der Waals surface area contributed by atoms with E-state index in [1.54, 1.807) is 6.20 Å². The van der Waals surface area contributed by atoms with E-state index < -0.39 is 0 Å². The Morgan fingerprint density at radius 1 is 0.397 bits per heavy atom. The van der Waals surface area contributed by atoms with Crippen molar-refractivity contribution in [3.05, 3.63) is 218 Å². The van der Waals surface area contributed by atoms with Crippen LogP contribution in [0.5, 0.6) is 11.5 Å². The molecule has 0 atom stereocenters. The quantitative estimate of drug-likeness (QED) is 0.135. The Morgan fingerprint density at radius 2 is 0.897 bits per heavy atom. The van der Waals surface area contributed by atoms with Crippen LogP contribution in [0.2, 0.25) is 0 Å². The summed E-state index contributed by atoms with van der Waals surface area (Å²) in [5.41, 5.74) is 17.4. The van der Waals surface area contributed by atoms with Gasteiger partial charge in [0.1, 0.15) is 0 Å². The number of benzene rings is 7. The molecule has 3 nitrogen and oxygen atoms in total. The number of nitrogens with zero attached hydrogens (tertiary/aromatic N) is 2. The van der Waals surface area contributed by atoms with Gasteiger partial charge in [0, 0.05) is 23.9 Å². The number of hydrogen-bond acceptors (Lipinski definition) is 3. The minimum atomic E-state index is 0. The summed E-state index contributed by atoms with van der Waals surface area (Å²) in [6, 6.07) is 70.0. The largest absolute Gasteiger partial charge is 2.00 e. The number of aryl methyl sites for hydroxylation is 2. The van der Waals surface area contributed by atoms with E-state index in [4.69, 9.17) is 9.72 Å². The second-order valence-corrected chi connectivity index (χ2v) is 14.1. The molecule has 0 aliphatic carbocycles. The van der Waals surface area contributed by atoms with Gasteiger partial charge in [-0.15, -0.1) is 47.5 Å². The van der Waals surface area contributed by atoms with Gasteiger partial charge in [-0.3, -0.25) is 0 Å². The second-order valence-electron chi connectivity index (χ2n) is 14.1. The first kappa shape index (κ1) is 38.2. The fourth-order valence-electron chi connectivity index (χ4n) is 7.41. The maximum atomic E-state index is 6.26. The molecule has 0 saturated heterocycles. The molecular weight excluding hydrogens is 888 g/mol. The Bertz CT molecular complexity index is 2710. The Morgan fingerprint density at radius 3 is 1.40 bits per heavy atom. The molecule has 0 amide bonds. The summed E-state index contributed by atoms with van der Waals surface area (Å²) in [6.07, 6.45) is 3.77. The number of rotatable bonds is 9. The summed E-state index contributed by atoms with van der Waals surface area (Å²) in [6.45, 7) is 4.39. The summed E-state index contributed by atoms with van der Waals surface area (Å²) in [7, 11) is 0. The molecule has 0 N–H and O–H groups in total. The van der Waals surface area contributed by atoms with Gasteiger partial charge in [0.2, 0.25) is 0 Å². The van der Waals surface area contributed by atoms with Gasteiger partial charge >= 0.3 is 21.1 Å². The van der Waals surface area contributed by atoms with Gasteiger partial charge in [-0.1, -0.05) is 140 Å². The number of hydrogen-bond donors (Lipinski definition) is 0. The van der Waals surface area contributed by atoms with Crippen LogP contribution >= 0.6 is 0 Å². The molecule has 0 saturated carbocycles. The van der Waals surface area contributed by atoms with Gasteiger partial charge in [-0.25, -0.2) is 0 Å². The molecule has 0 aliphatic rings. The van der Waals surface area contributed by atoms with Crippen LogP contribution in [0.4, 0.5) is 0 Å². The summed E-state index contributed by atoms with van der Waals surface area (Å²) in [4.78, 5) is 9.53. The molecule has 2 aromatic heterocycles. The fourth-order valence-corrected chi connectivity index (χ4v) is 7.41. The summed E-state index contributed by atoms with van der Waals surface area (Å²) < 4.78 is 6.26. The van der Waals surface area contributed by atoms with Gasteiger partial charge in [0.05, 0.1) is 0 Å². The number of ether oxygens (including phenoxy) is 1. The van der Waals surface area contributed by atoms with E-state index in [2.05, 4.69) is 158 Å². The Balaban J connectivity index is 0.00000469. The van der Waals surface area contributed by atoms with E-state index in [0.29, 0.717) is 11.5 Å². The van der Waals surface area contributed by atoms with Crippen molar-refractivity contribution in [1.82, 2.24) is 9.97 Å². The smallest absolute Gasteiger partial charge is 0.497 e. The molecule has 0 spiro atoms. The van der Waals surface area contributed by atoms with Crippen molar-refractivity contribution in [2.75, 3.05) is 0 Å². The van der Waals surface area contributed by atoms with Crippen LogP contribution in [0.15, 0.2) is 194 Å². The van der Waals surface area contributed by atoms with Crippen molar-refractivity contribution < 1.29 is 25.8 Å². The van der Waals surface area contributed by atoms with Crippen molar-refractivity contribution in [2.45, 2.75) is 13.8 Å². The van der Waals surface area contributed by atoms with Crippen LogP contribution in [0, 0.1) is 26.0 Å². The molecule has 2 heterocycles. The van der Waals surface area contributed by atoms with E-state index in [1.165, 1.54) is 44.5 Å². The van der Waals surface area contributed by atoms with Crippen LogP contribution < -0.4 is 4.74 Å². The van der Waals surface area contributed by atoms with Crippen molar-refractivity contribution >= 4 is 0 Å². The van der Waals surface area contributed by atoms with Crippen molar-refractivity contribution in [3.63, 3.8) is 0 Å². The van der Waals surface area contributed by atoms with E-state index >= 15 is 0 Å². The van der Waals surface area contributed by atoms with Gasteiger partial charge in [-0.2, -0.15) is 0 Å². The molecule has 0 aliphatic heterocycles. The Kier molecular flexibility index (Phi) is 11.3. The first-order chi connectivity index (χ1) is 28.1. The number of aromatic nitrogens is 2. The molecule has 280 valence electrons. The van der Waals surface area contributed by atoms with Crippen LogP contribution in [0.25, 0.3) is 78.1 Å². The molecule has 0 bridgehead atoms. The van der Waals surface area contributed by atoms with Crippen LogP contribution in [-0.4, -0.2) is 9.97 Å². The third-order valence-electron chi connectivity index (χ3n) is 10.4. The van der Waals surface area contributed by atoms with Gasteiger partial charge in [0.15, 0.2) is 0 Å². The molecule has 58 heavy (non-hydrogen) atoms. The van der Waals surface area contributed by atoms with Crippen LogP contribution in [0.3, 0.4) is 0 Å². The van der Waals surface area contributed by atoms with Gasteiger partial charge in [-0.05, 0) is 110 Å². The zero-order valence-corrected chi connectivity index (χ0v) is 34.4. The monoisotopic (exact) mass is 925 g/mol. The molecule has 0 radical (unpaired) electrons. The molecular formula is C54H38N2OPt. The average molecular weight is 926 g/mol. The molecule has 7 aromatic carbocycles. The third-order valence-corrected chi connectivity index (χ3v) is 10.4. The SMILES string of the molecule is Cc1ccc(-c2ccccc2)cc1-c1cccc(-c2cc(-c3ccccc3)ccc2C)c1-c1ccc(-c2[c-]c(Oc3[c-]c(-c4ccccn4)ccc3)ccc2)nc1.[Pt+2]. The minimum absolute atomic E-state index is 0. The van der Waals surface area contributed by atoms with Crippen LogP contribution in [0.1, 0.15) is 11.1 Å². The van der Waals surface area contributed by atoms with E-state index in [9.17, 15) is 0 Å². The van der Waals surface area contributed by atoms with Gasteiger partial charge in [0.25, 0.3) is 0 Å². The predicted molar refractivity (Wildman–Crippen MR) is 234 cm³/mol. The maximum absolute atomic E-state index is 6.26. The van der Waals surface area contributed by atoms with E-state index in [0.717, 1.165) is 44.8 Å². The first-order valence-electron chi connectivity index (χ1n) is 19.1. The minimum Gasteiger partial charge on any atom is -0.497 e. The van der Waals surface area contributed by atoms with Crippen molar-refractivity contribution in [3.8, 4) is 89.6 Å². The zero-order valence-electron chi connectivity index (χ0n) is 32.1. The first-order valence-corrected chi connectivity index (χ1v) is 19.1. The standard InChI is InChI=1S/C54H38N2O.Pt/c1-37-25-27-41(39-14-5-3-6-15-39)34-50(37)48-22-13-23-49(51-35-42(28-26-38(51)2)40-16-7-4-8-17-40)54(48)45-29-30-53(56-36-45)44-19-12-21-47(33-44)57-46-20-11-18-43(32-46)52-24-9-10-31-55-52;/h3-31,34-36H,1-2H3;/q-2;+2. The van der Waals surface area contributed by atoms with Crippen molar-refractivity contribution in [2.24, 2.45) is 0 Å². The third kappa shape index (κ3) is 8.09. The molecule has 9 aromatic rings. The molecule has 9 rings (SSSR count). The normalized spacial score (nSPS) is 10.8. The summed E-state index contributed by atoms with van der Waals surface area (Å²) >= 11 is 0. The summed E-state index contributed by atoms with van der Waals surface area (Å²) in [5.74, 6) is 1.18. The Hall–Kier alpha value is -6.67. The molecule has 0 unspecified atom stereocenters. The zero-order chi connectivity index (χ0) is 38.6. The fraction of sp³-hybridized carbons (Fsp3) is 0.0370. The van der Waals surface area contributed by atoms with Gasteiger partial charge < -0.3 is 14.7 Å². The molecule has 4 heteroatoms. The second kappa shape index (κ2) is 17.2. The van der Waals surface area contributed by atoms with E-state index in [1.807, 2.05) is 60.8 Å². The Labute approximate surface area is 355 Å². The van der Waals surface area contributed by atoms with E-state index in [-0.39, 0.29) is 21.1 Å². The predicted octanol–water partition coefficient (Wildman–Crippen LogP) is 14.2. The number of pyridine rings is 2. The summed E-state index contributed by atoms with van der Waals surface area (Å²) in [5, 5.41) is 0. The topological polar surface area (TPSA) is 35.0 Å². The van der Waals surface area contributed by atoms with Crippen molar-refractivity contribution in [1.29, 1.82) is 0 Å².